The van der Waals surface area contributed by atoms with E-state index >= 15 is 0 Å². The molecule has 1 atom stereocenters. The summed E-state index contributed by atoms with van der Waals surface area (Å²) in [5, 5.41) is 9.33. The quantitative estimate of drug-likeness (QED) is 0.871. The van der Waals surface area contributed by atoms with E-state index in [0.717, 1.165) is 12.8 Å². The second kappa shape index (κ2) is 3.46. The minimum Gasteiger partial charge on any atom is -0.507 e. The summed E-state index contributed by atoms with van der Waals surface area (Å²) in [6, 6.07) is 3.07. The van der Waals surface area contributed by atoms with Crippen LogP contribution in [0, 0.1) is 5.82 Å². The zero-order valence-electron chi connectivity index (χ0n) is 8.43. The predicted molar refractivity (Wildman–Crippen MR) is 60.3 cm³/mol. The monoisotopic (exact) mass is 273 g/mol. The van der Waals surface area contributed by atoms with Crippen molar-refractivity contribution in [2.45, 2.75) is 31.2 Å². The number of halogens is 2. The average molecular weight is 274 g/mol. The lowest BCUT2D eigenvalue weighted by Gasteiger charge is -2.21. The van der Waals surface area contributed by atoms with Crippen LogP contribution in [0.2, 0.25) is 0 Å². The lowest BCUT2D eigenvalue weighted by atomic mass is 9.89. The fourth-order valence-electron chi connectivity index (χ4n) is 2.03. The molecule has 1 aromatic rings. The van der Waals surface area contributed by atoms with E-state index in [2.05, 4.69) is 15.9 Å². The summed E-state index contributed by atoms with van der Waals surface area (Å²) in [5.74, 6) is -0.457. The second-order valence-corrected chi connectivity index (χ2v) is 5.00. The van der Waals surface area contributed by atoms with Gasteiger partial charge in [-0.1, -0.05) is 6.07 Å². The van der Waals surface area contributed by atoms with Crippen LogP contribution in [-0.2, 0) is 5.41 Å². The first-order valence-electron chi connectivity index (χ1n) is 4.92. The maximum atomic E-state index is 13.9. The lowest BCUT2D eigenvalue weighted by Crippen LogP contribution is -2.32. The van der Waals surface area contributed by atoms with Crippen molar-refractivity contribution in [3.63, 3.8) is 0 Å². The Kier molecular flexibility index (Phi) is 2.51. The van der Waals surface area contributed by atoms with E-state index in [-0.39, 0.29) is 27.5 Å². The highest BCUT2D eigenvalue weighted by atomic mass is 79.9. The van der Waals surface area contributed by atoms with Crippen LogP contribution in [0.15, 0.2) is 16.6 Å². The maximum absolute atomic E-state index is 13.9. The van der Waals surface area contributed by atoms with Crippen LogP contribution in [0.4, 0.5) is 4.39 Å². The Labute approximate surface area is 96.4 Å². The van der Waals surface area contributed by atoms with Gasteiger partial charge in [0, 0.05) is 11.5 Å². The van der Waals surface area contributed by atoms with Gasteiger partial charge >= 0.3 is 0 Å². The number of phenols is 1. The van der Waals surface area contributed by atoms with Crippen molar-refractivity contribution in [2.24, 2.45) is 5.73 Å². The van der Waals surface area contributed by atoms with Gasteiger partial charge in [-0.2, -0.15) is 0 Å². The van der Waals surface area contributed by atoms with Crippen LogP contribution >= 0.6 is 15.9 Å². The molecule has 82 valence electrons. The molecule has 2 rings (SSSR count). The number of rotatable bonds is 2. The van der Waals surface area contributed by atoms with Gasteiger partial charge in [0.15, 0.2) is 0 Å². The topological polar surface area (TPSA) is 46.2 Å². The minimum absolute atomic E-state index is 0.0663. The van der Waals surface area contributed by atoms with E-state index in [1.807, 2.05) is 6.92 Å². The maximum Gasteiger partial charge on any atom is 0.144 e. The second-order valence-electron chi connectivity index (χ2n) is 4.21. The summed E-state index contributed by atoms with van der Waals surface area (Å²) in [5.41, 5.74) is 6.27. The van der Waals surface area contributed by atoms with E-state index < -0.39 is 0 Å². The number of hydrogen-bond donors (Lipinski definition) is 2. The number of hydrogen-bond acceptors (Lipinski definition) is 2. The molecule has 1 unspecified atom stereocenters. The normalized spacial score (nSPS) is 20.0. The largest absolute Gasteiger partial charge is 0.507 e. The summed E-state index contributed by atoms with van der Waals surface area (Å²) in [4.78, 5) is 0. The van der Waals surface area contributed by atoms with Crippen LogP contribution in [0.3, 0.4) is 0 Å². The van der Waals surface area contributed by atoms with Crippen molar-refractivity contribution in [1.29, 1.82) is 0 Å². The third kappa shape index (κ3) is 1.56. The zero-order valence-corrected chi connectivity index (χ0v) is 10.0. The van der Waals surface area contributed by atoms with Crippen LogP contribution in [0.5, 0.6) is 5.75 Å². The summed E-state index contributed by atoms with van der Waals surface area (Å²) >= 11 is 3.03. The van der Waals surface area contributed by atoms with Gasteiger partial charge in [0.2, 0.25) is 0 Å². The molecule has 4 heteroatoms. The molecule has 0 amide bonds. The summed E-state index contributed by atoms with van der Waals surface area (Å²) in [7, 11) is 0. The molecule has 3 N–H and O–H groups in total. The van der Waals surface area contributed by atoms with Gasteiger partial charge in [0.25, 0.3) is 0 Å². The lowest BCUT2D eigenvalue weighted by molar-refractivity contribution is 0.455. The Morgan fingerprint density at radius 1 is 1.53 bits per heavy atom. The van der Waals surface area contributed by atoms with Crippen LogP contribution in [0.1, 0.15) is 25.3 Å². The third-order valence-electron chi connectivity index (χ3n) is 3.26. The van der Waals surface area contributed by atoms with Crippen molar-refractivity contribution >= 4 is 15.9 Å². The molecule has 0 aromatic heterocycles. The van der Waals surface area contributed by atoms with Crippen LogP contribution in [0.25, 0.3) is 0 Å². The predicted octanol–water partition coefficient (Wildman–Crippen LogP) is 2.67. The van der Waals surface area contributed by atoms with Gasteiger partial charge in [0.05, 0.1) is 4.47 Å². The molecule has 0 bridgehead atoms. The van der Waals surface area contributed by atoms with Crippen LogP contribution in [-0.4, -0.2) is 11.1 Å². The molecule has 1 saturated carbocycles. The highest BCUT2D eigenvalue weighted by Crippen LogP contribution is 2.52. The summed E-state index contributed by atoms with van der Waals surface area (Å²) in [6.45, 7) is 1.90. The van der Waals surface area contributed by atoms with E-state index in [0.29, 0.717) is 5.56 Å². The van der Waals surface area contributed by atoms with Crippen molar-refractivity contribution in [3.05, 3.63) is 28.0 Å². The molecule has 1 aromatic carbocycles. The molecule has 0 heterocycles. The van der Waals surface area contributed by atoms with Crippen LogP contribution < -0.4 is 5.73 Å². The summed E-state index contributed by atoms with van der Waals surface area (Å²) in [6.07, 6.45) is 1.83. The Balaban J connectivity index is 2.51. The number of aromatic hydroxyl groups is 1. The average Bonchev–Trinajstić information content (AvgIpc) is 2.95. The molecule has 0 spiro atoms. The van der Waals surface area contributed by atoms with E-state index in [4.69, 9.17) is 5.73 Å². The van der Waals surface area contributed by atoms with E-state index in [1.165, 1.54) is 6.07 Å². The van der Waals surface area contributed by atoms with E-state index in [9.17, 15) is 9.50 Å². The number of nitrogens with two attached hydrogens (primary N) is 1. The molecular weight excluding hydrogens is 261 g/mol. The first-order valence-corrected chi connectivity index (χ1v) is 5.71. The van der Waals surface area contributed by atoms with Gasteiger partial charge in [-0.3, -0.25) is 0 Å². The SMILES string of the molecule is CC(N)C1(c2ccc(O)c(Br)c2F)CC1. The minimum atomic E-state index is -0.384. The Bertz CT molecular complexity index is 402. The smallest absolute Gasteiger partial charge is 0.144 e. The Hall–Kier alpha value is -0.610. The van der Waals surface area contributed by atoms with Crippen molar-refractivity contribution in [3.8, 4) is 5.75 Å². The molecule has 0 aliphatic heterocycles. The van der Waals surface area contributed by atoms with Crippen molar-refractivity contribution < 1.29 is 9.50 Å². The molecule has 1 aliphatic rings. The highest BCUT2D eigenvalue weighted by molar-refractivity contribution is 9.10. The molecule has 0 saturated heterocycles. The third-order valence-corrected chi connectivity index (χ3v) is 4.01. The standard InChI is InChI=1S/C11H13BrFNO/c1-6(14)11(4-5-11)7-2-3-8(15)9(12)10(7)13/h2-3,6,15H,4-5,14H2,1H3. The van der Waals surface area contributed by atoms with Gasteiger partial charge in [-0.05, 0) is 47.3 Å². The fourth-order valence-corrected chi connectivity index (χ4v) is 2.37. The fraction of sp³-hybridized carbons (Fsp3) is 0.455. The molecule has 1 fully saturated rings. The molecule has 1 aliphatic carbocycles. The van der Waals surface area contributed by atoms with Gasteiger partial charge < -0.3 is 10.8 Å². The molecular formula is C11H13BrFNO. The first-order chi connectivity index (χ1) is 6.99. The molecule has 0 radical (unpaired) electrons. The Morgan fingerprint density at radius 2 is 2.13 bits per heavy atom. The number of phenolic OH excluding ortho intramolecular Hbond substituents is 1. The van der Waals surface area contributed by atoms with Gasteiger partial charge in [-0.15, -0.1) is 0 Å². The van der Waals surface area contributed by atoms with Crippen molar-refractivity contribution in [1.82, 2.24) is 0 Å². The van der Waals surface area contributed by atoms with Gasteiger partial charge in [-0.25, -0.2) is 4.39 Å². The number of benzene rings is 1. The van der Waals surface area contributed by atoms with Gasteiger partial charge in [0.1, 0.15) is 11.6 Å². The molecule has 2 nitrogen and oxygen atoms in total. The Morgan fingerprint density at radius 3 is 2.60 bits per heavy atom. The molecule has 15 heavy (non-hydrogen) atoms. The zero-order chi connectivity index (χ0) is 11.2. The summed E-state index contributed by atoms with van der Waals surface area (Å²) < 4.78 is 14.0. The van der Waals surface area contributed by atoms with E-state index in [1.54, 1.807) is 6.07 Å². The highest BCUT2D eigenvalue weighted by Gasteiger charge is 2.49. The van der Waals surface area contributed by atoms with Crippen molar-refractivity contribution in [2.75, 3.05) is 0 Å². The first kappa shape index (κ1) is 10.9.